The Morgan fingerprint density at radius 2 is 1.88 bits per heavy atom. The number of fused-ring (bicyclic) bond motifs is 1. The summed E-state index contributed by atoms with van der Waals surface area (Å²) in [5, 5.41) is 1.86. The number of nitrogens with zero attached hydrogens (tertiary/aromatic N) is 3. The molecule has 2 aromatic rings. The van der Waals surface area contributed by atoms with Gasteiger partial charge in [-0.1, -0.05) is 37.6 Å². The van der Waals surface area contributed by atoms with Gasteiger partial charge < -0.3 is 9.64 Å². The van der Waals surface area contributed by atoms with E-state index in [0.717, 1.165) is 17.2 Å². The Bertz CT molecular complexity index is 1050. The fourth-order valence-corrected chi connectivity index (χ4v) is 5.65. The Morgan fingerprint density at radius 1 is 1.19 bits per heavy atom. The molecule has 2 heterocycles. The number of benzene rings is 1. The number of sulfonamides is 1. The Morgan fingerprint density at radius 3 is 2.53 bits per heavy atom. The lowest BCUT2D eigenvalue weighted by Crippen LogP contribution is -2.50. The van der Waals surface area contributed by atoms with E-state index < -0.39 is 16.0 Å². The van der Waals surface area contributed by atoms with Crippen molar-refractivity contribution < 1.29 is 22.7 Å². The summed E-state index contributed by atoms with van der Waals surface area (Å²) in [6.45, 7) is 4.37. The van der Waals surface area contributed by atoms with E-state index in [1.807, 2.05) is 31.2 Å². The van der Waals surface area contributed by atoms with Crippen LogP contribution in [-0.4, -0.2) is 72.5 Å². The average Bonchev–Trinajstić information content (AvgIpc) is 2.80. The van der Waals surface area contributed by atoms with Crippen molar-refractivity contribution in [2.75, 3.05) is 32.0 Å². The molecule has 1 aromatic heterocycles. The van der Waals surface area contributed by atoms with Crippen LogP contribution >= 0.6 is 0 Å². The van der Waals surface area contributed by atoms with Gasteiger partial charge in [0.1, 0.15) is 12.3 Å². The molecule has 0 bridgehead atoms. The smallest absolute Gasteiger partial charge is 0.302 e. The Balaban J connectivity index is 1.75. The molecule has 3 rings (SSSR count). The first-order chi connectivity index (χ1) is 15.3. The summed E-state index contributed by atoms with van der Waals surface area (Å²) in [5.74, 6) is -0.488. The zero-order valence-corrected chi connectivity index (χ0v) is 19.5. The lowest BCUT2D eigenvalue weighted by atomic mass is 10.0. The van der Waals surface area contributed by atoms with Gasteiger partial charge in [-0.15, -0.1) is 0 Å². The van der Waals surface area contributed by atoms with Crippen molar-refractivity contribution >= 4 is 32.7 Å². The van der Waals surface area contributed by atoms with Crippen molar-refractivity contribution in [3.05, 3.63) is 42.2 Å². The SMILES string of the molecule is CCCCS(=O)(=O)N1CCC(N(CCOC(C)=O)C(=O)c2cc3ccccc3cn2)CC1. The first-order valence-electron chi connectivity index (χ1n) is 11.1. The highest BCUT2D eigenvalue weighted by Crippen LogP contribution is 2.22. The quantitative estimate of drug-likeness (QED) is 0.533. The van der Waals surface area contributed by atoms with Crippen LogP contribution in [0.2, 0.25) is 0 Å². The van der Waals surface area contributed by atoms with Crippen molar-refractivity contribution in [1.82, 2.24) is 14.2 Å². The number of esters is 1. The van der Waals surface area contributed by atoms with E-state index in [4.69, 9.17) is 4.74 Å². The predicted molar refractivity (Wildman–Crippen MR) is 123 cm³/mol. The summed E-state index contributed by atoms with van der Waals surface area (Å²) >= 11 is 0. The molecule has 0 unspecified atom stereocenters. The van der Waals surface area contributed by atoms with Gasteiger partial charge in [0.05, 0.1) is 12.3 Å². The van der Waals surface area contributed by atoms with Crippen LogP contribution in [0.1, 0.15) is 50.0 Å². The number of aromatic nitrogens is 1. The van der Waals surface area contributed by atoms with E-state index in [1.54, 1.807) is 17.2 Å². The summed E-state index contributed by atoms with van der Waals surface area (Å²) in [5.41, 5.74) is 0.324. The van der Waals surface area contributed by atoms with Gasteiger partial charge in [0.15, 0.2) is 0 Å². The molecule has 1 aliphatic rings. The lowest BCUT2D eigenvalue weighted by molar-refractivity contribution is -0.141. The molecular formula is C23H31N3O5S. The zero-order valence-electron chi connectivity index (χ0n) is 18.7. The van der Waals surface area contributed by atoms with E-state index in [0.29, 0.717) is 38.0 Å². The number of carbonyl (C=O) groups excluding carboxylic acids is 2. The highest BCUT2D eigenvalue weighted by Gasteiger charge is 2.33. The molecule has 8 nitrogen and oxygen atoms in total. The number of hydrogen-bond donors (Lipinski definition) is 0. The third kappa shape index (κ3) is 6.04. The van der Waals surface area contributed by atoms with Crippen LogP contribution in [0, 0.1) is 0 Å². The Kier molecular flexibility index (Phi) is 8.20. The van der Waals surface area contributed by atoms with Crippen LogP contribution < -0.4 is 0 Å². The van der Waals surface area contributed by atoms with Crippen molar-refractivity contribution in [3.63, 3.8) is 0 Å². The molecule has 0 aliphatic carbocycles. The number of piperidine rings is 1. The third-order valence-corrected chi connectivity index (χ3v) is 7.72. The number of hydrogen-bond acceptors (Lipinski definition) is 6. The second kappa shape index (κ2) is 10.9. The monoisotopic (exact) mass is 461 g/mol. The maximum absolute atomic E-state index is 13.4. The van der Waals surface area contributed by atoms with Crippen LogP contribution in [0.3, 0.4) is 0 Å². The van der Waals surface area contributed by atoms with E-state index in [9.17, 15) is 18.0 Å². The zero-order chi connectivity index (χ0) is 23.1. The Labute approximate surface area is 189 Å². The maximum atomic E-state index is 13.4. The van der Waals surface area contributed by atoms with E-state index in [1.165, 1.54) is 11.2 Å². The van der Waals surface area contributed by atoms with Gasteiger partial charge in [-0.05, 0) is 30.7 Å². The van der Waals surface area contributed by atoms with Crippen LogP contribution in [0.5, 0.6) is 0 Å². The highest BCUT2D eigenvalue weighted by molar-refractivity contribution is 7.89. The minimum absolute atomic E-state index is 0.0870. The molecule has 9 heteroatoms. The topological polar surface area (TPSA) is 96.9 Å². The van der Waals surface area contributed by atoms with Crippen LogP contribution in [0.4, 0.5) is 0 Å². The second-order valence-electron chi connectivity index (χ2n) is 8.06. The van der Waals surface area contributed by atoms with Gasteiger partial charge in [-0.25, -0.2) is 12.7 Å². The maximum Gasteiger partial charge on any atom is 0.302 e. The van der Waals surface area contributed by atoms with E-state index in [2.05, 4.69) is 4.98 Å². The minimum atomic E-state index is -3.27. The van der Waals surface area contributed by atoms with Crippen molar-refractivity contribution in [1.29, 1.82) is 0 Å². The summed E-state index contributed by atoms with van der Waals surface area (Å²) in [7, 11) is -3.27. The molecule has 0 spiro atoms. The van der Waals surface area contributed by atoms with Crippen LogP contribution in [-0.2, 0) is 19.6 Å². The second-order valence-corrected chi connectivity index (χ2v) is 10.1. The number of unbranched alkanes of at least 4 members (excludes halogenated alkanes) is 1. The summed E-state index contributed by atoms with van der Waals surface area (Å²) in [6.07, 6.45) is 4.21. The van der Waals surface area contributed by atoms with Gasteiger partial charge in [-0.2, -0.15) is 0 Å². The van der Waals surface area contributed by atoms with Crippen molar-refractivity contribution in [3.8, 4) is 0 Å². The number of rotatable bonds is 9. The minimum Gasteiger partial charge on any atom is -0.464 e. The normalized spacial score (nSPS) is 15.6. The van der Waals surface area contributed by atoms with Gasteiger partial charge in [-0.3, -0.25) is 14.6 Å². The predicted octanol–water partition coefficient (Wildman–Crippen LogP) is 2.83. The highest BCUT2D eigenvalue weighted by atomic mass is 32.2. The molecule has 1 aliphatic heterocycles. The summed E-state index contributed by atoms with van der Waals surface area (Å²) < 4.78 is 31.7. The van der Waals surface area contributed by atoms with Crippen molar-refractivity contribution in [2.24, 2.45) is 0 Å². The fraction of sp³-hybridized carbons (Fsp3) is 0.522. The average molecular weight is 462 g/mol. The van der Waals surface area contributed by atoms with Crippen LogP contribution in [0.25, 0.3) is 10.8 Å². The molecule has 0 saturated carbocycles. The largest absolute Gasteiger partial charge is 0.464 e. The fourth-order valence-electron chi connectivity index (χ4n) is 3.97. The molecule has 0 N–H and O–H groups in total. The van der Waals surface area contributed by atoms with E-state index >= 15 is 0 Å². The van der Waals surface area contributed by atoms with E-state index in [-0.39, 0.29) is 30.9 Å². The molecule has 0 radical (unpaired) electrons. The number of amides is 1. The summed E-state index contributed by atoms with van der Waals surface area (Å²) in [6, 6.07) is 9.30. The molecule has 0 atom stereocenters. The molecular weight excluding hydrogens is 430 g/mol. The molecule has 174 valence electrons. The summed E-state index contributed by atoms with van der Waals surface area (Å²) in [4.78, 5) is 30.6. The van der Waals surface area contributed by atoms with Crippen molar-refractivity contribution in [2.45, 2.75) is 45.6 Å². The number of ether oxygens (including phenoxy) is 1. The molecule has 32 heavy (non-hydrogen) atoms. The van der Waals surface area contributed by atoms with Gasteiger partial charge in [0.25, 0.3) is 5.91 Å². The molecule has 1 saturated heterocycles. The standard InChI is InChI=1S/C23H31N3O5S/c1-3-4-15-32(29,30)25-11-9-21(10-12-25)26(13-14-31-18(2)27)23(28)22-16-19-7-5-6-8-20(19)17-24-22/h5-8,16-17,21H,3-4,9-15H2,1-2H3. The number of pyridine rings is 1. The molecule has 1 aromatic carbocycles. The lowest BCUT2D eigenvalue weighted by Gasteiger charge is -2.38. The first kappa shape index (κ1) is 24.1. The van der Waals surface area contributed by atoms with Crippen LogP contribution in [0.15, 0.2) is 36.5 Å². The first-order valence-corrected chi connectivity index (χ1v) is 12.7. The molecule has 1 amide bonds. The Hall–Kier alpha value is -2.52. The molecule has 1 fully saturated rings. The third-order valence-electron chi connectivity index (χ3n) is 5.76. The van der Waals surface area contributed by atoms with Gasteiger partial charge in [0, 0.05) is 37.6 Å². The van der Waals surface area contributed by atoms with Gasteiger partial charge >= 0.3 is 5.97 Å². The number of carbonyl (C=O) groups is 2. The van der Waals surface area contributed by atoms with Gasteiger partial charge in [0.2, 0.25) is 10.0 Å².